The molecule has 2 aliphatic carbocycles. The third-order valence-corrected chi connectivity index (χ3v) is 13.5. The van der Waals surface area contributed by atoms with Crippen molar-refractivity contribution in [2.24, 2.45) is 0 Å². The molecule has 0 atom stereocenters. The maximum absolute atomic E-state index is 6.67. The molecule has 0 bridgehead atoms. The Hall–Kier alpha value is -8.48. The molecule has 0 fully saturated rings. The van der Waals surface area contributed by atoms with Gasteiger partial charge in [-0.15, -0.1) is 0 Å². The number of fused-ring (bicyclic) bond motifs is 18. The van der Waals surface area contributed by atoms with Crippen LogP contribution in [-0.4, -0.2) is 19.9 Å². The van der Waals surface area contributed by atoms with Crippen LogP contribution in [0.1, 0.15) is 22.3 Å². The number of benzene rings is 6. The molecular weight excluding hydrogens is 771 g/mol. The Balaban J connectivity index is 1.15. The molecule has 0 saturated carbocycles. The molecule has 0 N–H and O–H groups in total. The Bertz CT molecular complexity index is 3840. The minimum atomic E-state index is -0.631. The maximum Gasteiger partial charge on any atom is 0.132 e. The van der Waals surface area contributed by atoms with Gasteiger partial charge in [-0.3, -0.25) is 19.9 Å². The topological polar surface area (TPSA) is 64.0 Å². The minimum absolute atomic E-state index is 0.631. The van der Waals surface area contributed by atoms with E-state index in [2.05, 4.69) is 169 Å². The first-order chi connectivity index (χ1) is 31.3. The summed E-state index contributed by atoms with van der Waals surface area (Å²) < 4.78 is 6.67. The first-order valence-electron chi connectivity index (χ1n) is 21.3. The highest BCUT2D eigenvalue weighted by Gasteiger charge is 2.51. The summed E-state index contributed by atoms with van der Waals surface area (Å²) in [6.45, 7) is 0. The van der Waals surface area contributed by atoms with Crippen LogP contribution in [-0.2, 0) is 5.41 Å². The van der Waals surface area contributed by atoms with Crippen molar-refractivity contribution in [3.63, 3.8) is 0 Å². The third-order valence-electron chi connectivity index (χ3n) is 13.5. The van der Waals surface area contributed by atoms with Crippen LogP contribution in [0.25, 0.3) is 76.3 Å². The molecular formula is C57H33N5O. The molecule has 6 nitrogen and oxygen atoms in total. The van der Waals surface area contributed by atoms with E-state index in [0.29, 0.717) is 0 Å². The largest absolute Gasteiger partial charge is 0.457 e. The van der Waals surface area contributed by atoms with Crippen molar-refractivity contribution in [1.82, 2.24) is 19.9 Å². The zero-order chi connectivity index (χ0) is 41.2. The average molecular weight is 804 g/mol. The highest BCUT2D eigenvalue weighted by atomic mass is 16.5. The molecule has 1 spiro atoms. The van der Waals surface area contributed by atoms with Crippen LogP contribution in [0.4, 0.5) is 17.1 Å². The normalized spacial score (nSPS) is 13.6. The lowest BCUT2D eigenvalue weighted by Gasteiger charge is -2.48. The van der Waals surface area contributed by atoms with Crippen LogP contribution >= 0.6 is 0 Å². The van der Waals surface area contributed by atoms with Gasteiger partial charge < -0.3 is 9.64 Å². The predicted molar refractivity (Wildman–Crippen MR) is 255 cm³/mol. The van der Waals surface area contributed by atoms with Crippen molar-refractivity contribution in [3.05, 3.63) is 223 Å². The lowest BCUT2D eigenvalue weighted by molar-refractivity contribution is 0.434. The zero-order valence-electron chi connectivity index (χ0n) is 33.7. The number of hydrogen-bond donors (Lipinski definition) is 0. The summed E-state index contributed by atoms with van der Waals surface area (Å²) in [6, 6.07) is 63.0. The second-order valence-corrected chi connectivity index (χ2v) is 16.5. The highest BCUT2D eigenvalue weighted by molar-refractivity contribution is 6.29. The lowest BCUT2D eigenvalue weighted by Crippen LogP contribution is -2.39. The van der Waals surface area contributed by atoms with Crippen LogP contribution in [0.5, 0.6) is 11.5 Å². The lowest BCUT2D eigenvalue weighted by atomic mass is 9.61. The number of aromatic nitrogens is 4. The van der Waals surface area contributed by atoms with E-state index in [9.17, 15) is 0 Å². The van der Waals surface area contributed by atoms with Crippen molar-refractivity contribution in [1.29, 1.82) is 0 Å². The second kappa shape index (κ2) is 12.8. The zero-order valence-corrected chi connectivity index (χ0v) is 33.7. The van der Waals surface area contributed by atoms with Gasteiger partial charge in [0.25, 0.3) is 0 Å². The average Bonchev–Trinajstić information content (AvgIpc) is 3.35. The molecule has 63 heavy (non-hydrogen) atoms. The van der Waals surface area contributed by atoms with E-state index >= 15 is 0 Å². The van der Waals surface area contributed by atoms with E-state index in [1.54, 1.807) is 0 Å². The van der Waals surface area contributed by atoms with Gasteiger partial charge in [-0.25, -0.2) is 0 Å². The predicted octanol–water partition coefficient (Wildman–Crippen LogP) is 14.1. The molecule has 0 unspecified atom stereocenters. The van der Waals surface area contributed by atoms with Crippen LogP contribution in [0.2, 0.25) is 0 Å². The Kier molecular flexibility index (Phi) is 6.94. The molecule has 4 aliphatic rings. The quantitative estimate of drug-likeness (QED) is 0.165. The molecule has 0 saturated heterocycles. The second-order valence-electron chi connectivity index (χ2n) is 16.5. The number of pyridine rings is 4. The SMILES string of the molecule is c1ccc2c(c1)Oc1ccccc1C21c2ccccc2N(c2ccc3c(c2)c2ccnc4c2-c2c(ccnc2c2ncccc32)c2ccccc2c2cccnc42)c2ccccc21. The number of hydrogen-bond acceptors (Lipinski definition) is 6. The summed E-state index contributed by atoms with van der Waals surface area (Å²) >= 11 is 0. The van der Waals surface area contributed by atoms with Gasteiger partial charge in [0.05, 0.1) is 38.9 Å². The molecule has 6 heterocycles. The molecule has 14 rings (SSSR count). The Morgan fingerprint density at radius 1 is 0.333 bits per heavy atom. The molecule has 0 radical (unpaired) electrons. The number of rotatable bonds is 1. The van der Waals surface area contributed by atoms with Crippen LogP contribution in [0, 0.1) is 0 Å². The van der Waals surface area contributed by atoms with E-state index in [4.69, 9.17) is 24.7 Å². The first kappa shape index (κ1) is 34.3. The number of para-hydroxylation sites is 4. The first-order valence-corrected chi connectivity index (χ1v) is 21.3. The minimum Gasteiger partial charge on any atom is -0.457 e. The van der Waals surface area contributed by atoms with Gasteiger partial charge in [0.15, 0.2) is 0 Å². The van der Waals surface area contributed by atoms with E-state index in [1.165, 1.54) is 11.1 Å². The highest BCUT2D eigenvalue weighted by Crippen LogP contribution is 2.63. The molecule has 0 amide bonds. The molecule has 2 aliphatic heterocycles. The van der Waals surface area contributed by atoms with Crippen molar-refractivity contribution in [2.75, 3.05) is 4.90 Å². The number of nitrogens with zero attached hydrogens (tertiary/aromatic N) is 5. The third kappa shape index (κ3) is 4.51. The van der Waals surface area contributed by atoms with Crippen molar-refractivity contribution in [3.8, 4) is 22.6 Å². The van der Waals surface area contributed by atoms with Gasteiger partial charge in [-0.05, 0) is 104 Å². The fourth-order valence-corrected chi connectivity index (χ4v) is 11.0. The number of ether oxygens (including phenoxy) is 1. The van der Waals surface area contributed by atoms with Gasteiger partial charge in [0.2, 0.25) is 0 Å². The van der Waals surface area contributed by atoms with E-state index in [1.807, 2.05) is 36.9 Å². The summed E-state index contributed by atoms with van der Waals surface area (Å²) in [4.78, 5) is 23.0. The number of anilines is 3. The van der Waals surface area contributed by atoms with Crippen molar-refractivity contribution < 1.29 is 4.74 Å². The molecule has 6 aromatic carbocycles. The monoisotopic (exact) mass is 803 g/mol. The summed E-state index contributed by atoms with van der Waals surface area (Å²) in [5, 5.41) is 8.56. The van der Waals surface area contributed by atoms with Gasteiger partial charge in [0.1, 0.15) is 11.5 Å². The van der Waals surface area contributed by atoms with E-state index in [0.717, 1.165) is 116 Å². The Morgan fingerprint density at radius 2 is 0.778 bits per heavy atom. The molecule has 6 heteroatoms. The van der Waals surface area contributed by atoms with Crippen molar-refractivity contribution >= 4 is 82.2 Å². The summed E-state index contributed by atoms with van der Waals surface area (Å²) in [7, 11) is 0. The fraction of sp³-hybridized carbons (Fsp3) is 0.0175. The summed E-state index contributed by atoms with van der Waals surface area (Å²) in [5.41, 5.74) is 12.5. The fourth-order valence-electron chi connectivity index (χ4n) is 11.0. The summed E-state index contributed by atoms with van der Waals surface area (Å²) in [6.07, 6.45) is 7.60. The van der Waals surface area contributed by atoms with Crippen LogP contribution in [0.15, 0.2) is 201 Å². The standard InChI is InChI=1S/C57H33N5O/c1-2-14-36-35(13-1)38-27-31-60-55-51(38)52-39(28-32-61-56(52)53-40(36)15-11-29-58-53)42-33-34(25-26-37(42)41-16-12-30-59-54(41)55)62-47-21-7-3-17-43(47)57(44-18-4-8-22-48(44)62)45-19-5-9-23-49(45)63-50-24-10-6-20-46(50)57/h1-33H. The molecule has 10 aromatic rings. The van der Waals surface area contributed by atoms with Crippen LogP contribution in [0.3, 0.4) is 0 Å². The Labute approximate surface area is 361 Å². The van der Waals surface area contributed by atoms with Crippen LogP contribution < -0.4 is 9.64 Å². The molecule has 4 aromatic heterocycles. The molecule has 292 valence electrons. The van der Waals surface area contributed by atoms with E-state index < -0.39 is 5.41 Å². The Morgan fingerprint density at radius 3 is 1.37 bits per heavy atom. The van der Waals surface area contributed by atoms with Gasteiger partial charge >= 0.3 is 0 Å². The van der Waals surface area contributed by atoms with Gasteiger partial charge in [-0.1, -0.05) is 115 Å². The summed E-state index contributed by atoms with van der Waals surface area (Å²) in [5.74, 6) is 1.73. The maximum atomic E-state index is 6.67. The smallest absolute Gasteiger partial charge is 0.132 e. The van der Waals surface area contributed by atoms with E-state index in [-0.39, 0.29) is 0 Å². The van der Waals surface area contributed by atoms with Gasteiger partial charge in [0, 0.05) is 63.5 Å². The van der Waals surface area contributed by atoms with Gasteiger partial charge in [-0.2, -0.15) is 0 Å². The van der Waals surface area contributed by atoms with Crippen molar-refractivity contribution in [2.45, 2.75) is 5.41 Å².